The highest BCUT2D eigenvalue weighted by atomic mass is 16.5. The van der Waals surface area contributed by atoms with Gasteiger partial charge in [0, 0.05) is 13.1 Å². The molecule has 0 aromatic heterocycles. The van der Waals surface area contributed by atoms with E-state index >= 15 is 0 Å². The number of nitrogens with one attached hydrogen (secondary N) is 1. The third-order valence-electron chi connectivity index (χ3n) is 3.58. The van der Waals surface area contributed by atoms with Crippen LogP contribution >= 0.6 is 0 Å². The molecular formula is C14H20N2O2. The van der Waals surface area contributed by atoms with Crippen molar-refractivity contribution in [1.82, 2.24) is 4.90 Å². The molecule has 0 radical (unpaired) electrons. The van der Waals surface area contributed by atoms with Gasteiger partial charge in [-0.05, 0) is 43.9 Å². The van der Waals surface area contributed by atoms with Gasteiger partial charge in [0.2, 0.25) is 5.91 Å². The van der Waals surface area contributed by atoms with Gasteiger partial charge in [0.25, 0.3) is 0 Å². The SMILES string of the molecule is CC(C(=O)N1CCCCC1)c1ccc(NO)cc1. The molecule has 2 rings (SSSR count). The number of hydrogen-bond donors (Lipinski definition) is 2. The van der Waals surface area contributed by atoms with E-state index < -0.39 is 0 Å². The molecule has 1 heterocycles. The van der Waals surface area contributed by atoms with E-state index in [4.69, 9.17) is 5.21 Å². The summed E-state index contributed by atoms with van der Waals surface area (Å²) < 4.78 is 0. The van der Waals surface area contributed by atoms with Crippen molar-refractivity contribution in [2.24, 2.45) is 0 Å². The van der Waals surface area contributed by atoms with Crippen LogP contribution in [0.5, 0.6) is 0 Å². The van der Waals surface area contributed by atoms with Crippen LogP contribution in [0.2, 0.25) is 0 Å². The summed E-state index contributed by atoms with van der Waals surface area (Å²) in [6.07, 6.45) is 3.46. The lowest BCUT2D eigenvalue weighted by Gasteiger charge is -2.29. The Labute approximate surface area is 108 Å². The van der Waals surface area contributed by atoms with E-state index in [2.05, 4.69) is 5.48 Å². The molecule has 1 aromatic rings. The maximum atomic E-state index is 12.3. The molecule has 4 heteroatoms. The first-order valence-electron chi connectivity index (χ1n) is 6.51. The molecule has 98 valence electrons. The largest absolute Gasteiger partial charge is 0.342 e. The normalized spacial score (nSPS) is 17.3. The van der Waals surface area contributed by atoms with Gasteiger partial charge in [-0.2, -0.15) is 0 Å². The lowest BCUT2D eigenvalue weighted by atomic mass is 9.98. The Morgan fingerprint density at radius 1 is 1.22 bits per heavy atom. The highest BCUT2D eigenvalue weighted by molar-refractivity contribution is 5.83. The number of anilines is 1. The minimum Gasteiger partial charge on any atom is -0.342 e. The van der Waals surface area contributed by atoms with Crippen LogP contribution in [0.15, 0.2) is 24.3 Å². The molecule has 1 fully saturated rings. The Kier molecular flexibility index (Phi) is 4.20. The Morgan fingerprint density at radius 3 is 2.39 bits per heavy atom. The summed E-state index contributed by atoms with van der Waals surface area (Å²) in [6, 6.07) is 7.31. The van der Waals surface area contributed by atoms with E-state index in [9.17, 15) is 4.79 Å². The number of rotatable bonds is 3. The van der Waals surface area contributed by atoms with Gasteiger partial charge in [0.1, 0.15) is 0 Å². The fourth-order valence-electron chi connectivity index (χ4n) is 2.38. The first-order valence-corrected chi connectivity index (χ1v) is 6.51. The quantitative estimate of drug-likeness (QED) is 0.808. The Bertz CT molecular complexity index is 397. The van der Waals surface area contributed by atoms with E-state index in [0.29, 0.717) is 5.69 Å². The van der Waals surface area contributed by atoms with Crippen LogP contribution in [-0.4, -0.2) is 29.1 Å². The summed E-state index contributed by atoms with van der Waals surface area (Å²) in [7, 11) is 0. The molecule has 0 bridgehead atoms. The van der Waals surface area contributed by atoms with Crippen LogP contribution < -0.4 is 5.48 Å². The van der Waals surface area contributed by atoms with Crippen LogP contribution in [0.4, 0.5) is 5.69 Å². The number of carbonyl (C=O) groups excluding carboxylic acids is 1. The zero-order chi connectivity index (χ0) is 13.0. The van der Waals surface area contributed by atoms with E-state index in [1.54, 1.807) is 12.1 Å². The van der Waals surface area contributed by atoms with Gasteiger partial charge in [-0.25, -0.2) is 0 Å². The van der Waals surface area contributed by atoms with Crippen molar-refractivity contribution >= 4 is 11.6 Å². The summed E-state index contributed by atoms with van der Waals surface area (Å²) in [4.78, 5) is 14.3. The maximum Gasteiger partial charge on any atom is 0.229 e. The van der Waals surface area contributed by atoms with Crippen molar-refractivity contribution in [3.05, 3.63) is 29.8 Å². The number of carbonyl (C=O) groups is 1. The second-order valence-corrected chi connectivity index (χ2v) is 4.84. The van der Waals surface area contributed by atoms with E-state index in [1.165, 1.54) is 6.42 Å². The summed E-state index contributed by atoms with van der Waals surface area (Å²) in [5, 5.41) is 8.75. The number of amides is 1. The molecule has 4 nitrogen and oxygen atoms in total. The average molecular weight is 248 g/mol. The lowest BCUT2D eigenvalue weighted by Crippen LogP contribution is -2.38. The van der Waals surface area contributed by atoms with Crippen LogP contribution in [0.3, 0.4) is 0 Å². The topological polar surface area (TPSA) is 52.6 Å². The summed E-state index contributed by atoms with van der Waals surface area (Å²) in [6.45, 7) is 3.72. The van der Waals surface area contributed by atoms with Crippen molar-refractivity contribution in [1.29, 1.82) is 0 Å². The first kappa shape index (κ1) is 12.9. The zero-order valence-electron chi connectivity index (χ0n) is 10.7. The smallest absolute Gasteiger partial charge is 0.229 e. The number of likely N-dealkylation sites (tertiary alicyclic amines) is 1. The third-order valence-corrected chi connectivity index (χ3v) is 3.58. The van der Waals surface area contributed by atoms with Gasteiger partial charge in [-0.3, -0.25) is 15.5 Å². The van der Waals surface area contributed by atoms with Crippen molar-refractivity contribution < 1.29 is 10.0 Å². The molecule has 2 N–H and O–H groups in total. The molecule has 1 saturated heterocycles. The average Bonchev–Trinajstić information content (AvgIpc) is 2.47. The molecule has 0 saturated carbocycles. The summed E-state index contributed by atoms with van der Waals surface area (Å²) in [5.74, 6) is 0.0928. The van der Waals surface area contributed by atoms with E-state index in [-0.39, 0.29) is 11.8 Å². The fourth-order valence-corrected chi connectivity index (χ4v) is 2.38. The monoisotopic (exact) mass is 248 g/mol. The van der Waals surface area contributed by atoms with Crippen molar-refractivity contribution in [3.8, 4) is 0 Å². The van der Waals surface area contributed by atoms with E-state index in [1.807, 2.05) is 24.0 Å². The molecule has 1 aromatic carbocycles. The highest BCUT2D eigenvalue weighted by Gasteiger charge is 2.23. The lowest BCUT2D eigenvalue weighted by molar-refractivity contribution is -0.133. The van der Waals surface area contributed by atoms with Gasteiger partial charge in [0.05, 0.1) is 11.6 Å². The van der Waals surface area contributed by atoms with Crippen LogP contribution in [0, 0.1) is 0 Å². The number of piperidine rings is 1. The number of benzene rings is 1. The first-order chi connectivity index (χ1) is 8.72. The van der Waals surface area contributed by atoms with Crippen LogP contribution in [-0.2, 0) is 4.79 Å². The number of nitrogens with zero attached hydrogens (tertiary/aromatic N) is 1. The number of hydrogen-bond acceptors (Lipinski definition) is 3. The van der Waals surface area contributed by atoms with Crippen LogP contribution in [0.25, 0.3) is 0 Å². The maximum absolute atomic E-state index is 12.3. The Balaban J connectivity index is 2.04. The van der Waals surface area contributed by atoms with Gasteiger partial charge < -0.3 is 4.90 Å². The standard InChI is InChI=1S/C14H20N2O2/c1-11(12-5-7-13(15-18)8-6-12)14(17)16-9-3-2-4-10-16/h5-8,11,15,18H,2-4,9-10H2,1H3. The zero-order valence-corrected chi connectivity index (χ0v) is 10.7. The molecule has 1 aliphatic heterocycles. The van der Waals surface area contributed by atoms with E-state index in [0.717, 1.165) is 31.5 Å². The predicted octanol–water partition coefficient (Wildman–Crippen LogP) is 2.60. The van der Waals surface area contributed by atoms with Gasteiger partial charge in [-0.1, -0.05) is 12.1 Å². The Hall–Kier alpha value is -1.55. The summed E-state index contributed by atoms with van der Waals surface area (Å²) in [5.41, 5.74) is 3.72. The van der Waals surface area contributed by atoms with Crippen molar-refractivity contribution in [2.45, 2.75) is 32.1 Å². The molecule has 0 aliphatic carbocycles. The Morgan fingerprint density at radius 2 is 1.83 bits per heavy atom. The molecule has 1 amide bonds. The predicted molar refractivity (Wildman–Crippen MR) is 70.7 cm³/mol. The molecule has 1 aliphatic rings. The van der Waals surface area contributed by atoms with Crippen molar-refractivity contribution in [2.75, 3.05) is 18.6 Å². The fraction of sp³-hybridized carbons (Fsp3) is 0.500. The molecule has 0 spiro atoms. The van der Waals surface area contributed by atoms with Gasteiger partial charge >= 0.3 is 0 Å². The van der Waals surface area contributed by atoms with Gasteiger partial charge in [-0.15, -0.1) is 0 Å². The second-order valence-electron chi connectivity index (χ2n) is 4.84. The van der Waals surface area contributed by atoms with Crippen LogP contribution in [0.1, 0.15) is 37.7 Å². The highest BCUT2D eigenvalue weighted by Crippen LogP contribution is 2.22. The second kappa shape index (κ2) is 5.87. The molecule has 18 heavy (non-hydrogen) atoms. The minimum absolute atomic E-state index is 0.115. The van der Waals surface area contributed by atoms with Gasteiger partial charge in [0.15, 0.2) is 0 Å². The molecule has 1 unspecified atom stereocenters. The van der Waals surface area contributed by atoms with Crippen molar-refractivity contribution in [3.63, 3.8) is 0 Å². The molecular weight excluding hydrogens is 228 g/mol. The molecule has 1 atom stereocenters. The minimum atomic E-state index is -0.115. The third kappa shape index (κ3) is 2.82. The summed E-state index contributed by atoms with van der Waals surface area (Å²) >= 11 is 0.